The SMILES string of the molecule is COc1ccc(C(=O)Nc2ccc(C#CCCCO)cc2)cc1CCCN(C)C. The van der Waals surface area contributed by atoms with Crippen molar-refractivity contribution in [3.8, 4) is 17.6 Å². The first kappa shape index (κ1) is 22.5. The van der Waals surface area contributed by atoms with Crippen LogP contribution in [0.2, 0.25) is 0 Å². The second-order valence-electron chi connectivity index (χ2n) is 7.09. The minimum absolute atomic E-state index is 0.150. The van der Waals surface area contributed by atoms with Crippen LogP contribution in [0.5, 0.6) is 5.75 Å². The molecule has 29 heavy (non-hydrogen) atoms. The maximum Gasteiger partial charge on any atom is 0.255 e. The van der Waals surface area contributed by atoms with Crippen molar-refractivity contribution in [2.24, 2.45) is 0 Å². The van der Waals surface area contributed by atoms with Gasteiger partial charge >= 0.3 is 0 Å². The van der Waals surface area contributed by atoms with Crippen LogP contribution in [0.4, 0.5) is 5.69 Å². The first-order valence-corrected chi connectivity index (χ1v) is 9.86. The number of rotatable bonds is 9. The molecule has 0 aliphatic rings. The van der Waals surface area contributed by atoms with E-state index in [-0.39, 0.29) is 12.5 Å². The van der Waals surface area contributed by atoms with Crippen molar-refractivity contribution in [2.45, 2.75) is 25.7 Å². The number of aliphatic hydroxyl groups is 1. The molecule has 0 heterocycles. The molecule has 5 nitrogen and oxygen atoms in total. The minimum atomic E-state index is -0.150. The third-order valence-electron chi connectivity index (χ3n) is 4.43. The predicted molar refractivity (Wildman–Crippen MR) is 117 cm³/mol. The molecule has 0 bridgehead atoms. The van der Waals surface area contributed by atoms with Crippen molar-refractivity contribution in [1.82, 2.24) is 4.90 Å². The zero-order chi connectivity index (χ0) is 21.1. The molecular formula is C24H30N2O3. The van der Waals surface area contributed by atoms with Crippen molar-refractivity contribution >= 4 is 11.6 Å². The van der Waals surface area contributed by atoms with Crippen LogP contribution in [-0.2, 0) is 6.42 Å². The number of aryl methyl sites for hydroxylation is 1. The van der Waals surface area contributed by atoms with Crippen molar-refractivity contribution in [1.29, 1.82) is 0 Å². The molecule has 0 aromatic heterocycles. The third-order valence-corrected chi connectivity index (χ3v) is 4.43. The van der Waals surface area contributed by atoms with Gasteiger partial charge in [0.05, 0.1) is 7.11 Å². The quantitative estimate of drug-likeness (QED) is 0.504. The first-order chi connectivity index (χ1) is 14.0. The molecule has 0 saturated heterocycles. The van der Waals surface area contributed by atoms with E-state index in [4.69, 9.17) is 9.84 Å². The van der Waals surface area contributed by atoms with Gasteiger partial charge in [-0.3, -0.25) is 4.79 Å². The Labute approximate surface area is 173 Å². The summed E-state index contributed by atoms with van der Waals surface area (Å²) in [6.07, 6.45) is 3.20. The average molecular weight is 395 g/mol. The van der Waals surface area contributed by atoms with E-state index in [0.29, 0.717) is 18.4 Å². The molecule has 0 aliphatic carbocycles. The fourth-order valence-electron chi connectivity index (χ4n) is 2.87. The Kier molecular flexibility index (Phi) is 9.23. The van der Waals surface area contributed by atoms with E-state index in [2.05, 4.69) is 22.1 Å². The average Bonchev–Trinajstić information content (AvgIpc) is 2.72. The van der Waals surface area contributed by atoms with Crippen molar-refractivity contribution in [3.05, 3.63) is 59.2 Å². The zero-order valence-electron chi connectivity index (χ0n) is 17.5. The zero-order valence-corrected chi connectivity index (χ0v) is 17.5. The van der Waals surface area contributed by atoms with Crippen molar-refractivity contribution in [3.63, 3.8) is 0 Å². The Morgan fingerprint density at radius 3 is 2.55 bits per heavy atom. The number of hydrogen-bond acceptors (Lipinski definition) is 4. The summed E-state index contributed by atoms with van der Waals surface area (Å²) < 4.78 is 5.44. The van der Waals surface area contributed by atoms with Gasteiger partial charge in [-0.15, -0.1) is 0 Å². The molecule has 154 valence electrons. The maximum atomic E-state index is 12.7. The van der Waals surface area contributed by atoms with Gasteiger partial charge in [-0.25, -0.2) is 0 Å². The van der Waals surface area contributed by atoms with Gasteiger partial charge in [0.1, 0.15) is 5.75 Å². The first-order valence-electron chi connectivity index (χ1n) is 9.86. The fraction of sp³-hybridized carbons (Fsp3) is 0.375. The number of anilines is 1. The largest absolute Gasteiger partial charge is 0.496 e. The van der Waals surface area contributed by atoms with Gasteiger partial charge < -0.3 is 20.1 Å². The maximum absolute atomic E-state index is 12.7. The van der Waals surface area contributed by atoms with Crippen LogP contribution in [0.25, 0.3) is 0 Å². The molecule has 0 atom stereocenters. The lowest BCUT2D eigenvalue weighted by molar-refractivity contribution is 0.102. The molecule has 2 N–H and O–H groups in total. The molecule has 1 amide bonds. The van der Waals surface area contributed by atoms with Gasteiger partial charge in [0.2, 0.25) is 0 Å². The highest BCUT2D eigenvalue weighted by atomic mass is 16.5. The van der Waals surface area contributed by atoms with Crippen LogP contribution in [0.15, 0.2) is 42.5 Å². The second-order valence-corrected chi connectivity index (χ2v) is 7.09. The van der Waals surface area contributed by atoms with E-state index in [1.807, 2.05) is 50.5 Å². The molecular weight excluding hydrogens is 364 g/mol. The van der Waals surface area contributed by atoms with Gasteiger partial charge in [-0.2, -0.15) is 0 Å². The van der Waals surface area contributed by atoms with Crippen LogP contribution in [0.1, 0.15) is 40.7 Å². The number of amides is 1. The van der Waals surface area contributed by atoms with E-state index < -0.39 is 0 Å². The molecule has 0 spiro atoms. The summed E-state index contributed by atoms with van der Waals surface area (Å²) in [7, 11) is 5.75. The molecule has 2 aromatic carbocycles. The van der Waals surface area contributed by atoms with Crippen LogP contribution >= 0.6 is 0 Å². The number of unbranched alkanes of at least 4 members (excludes halogenated alkanes) is 1. The predicted octanol–water partition coefficient (Wildman–Crippen LogP) is 3.57. The van der Waals surface area contributed by atoms with Crippen LogP contribution in [-0.4, -0.2) is 50.3 Å². The van der Waals surface area contributed by atoms with E-state index in [9.17, 15) is 4.79 Å². The Morgan fingerprint density at radius 1 is 1.14 bits per heavy atom. The number of nitrogens with one attached hydrogen (secondary N) is 1. The van der Waals surface area contributed by atoms with Crippen LogP contribution in [0, 0.1) is 11.8 Å². The molecule has 0 unspecified atom stereocenters. The highest BCUT2D eigenvalue weighted by Crippen LogP contribution is 2.22. The Hall–Kier alpha value is -2.81. The number of nitrogens with zero attached hydrogens (tertiary/aromatic N) is 1. The van der Waals surface area contributed by atoms with E-state index in [1.165, 1.54) is 0 Å². The number of carbonyl (C=O) groups is 1. The molecule has 0 fully saturated rings. The van der Waals surface area contributed by atoms with Crippen molar-refractivity contribution < 1.29 is 14.6 Å². The minimum Gasteiger partial charge on any atom is -0.496 e. The molecule has 2 rings (SSSR count). The normalized spacial score (nSPS) is 10.4. The topological polar surface area (TPSA) is 61.8 Å². The molecule has 2 aromatic rings. The monoisotopic (exact) mass is 394 g/mol. The van der Waals surface area contributed by atoms with Gasteiger partial charge in [-0.05, 0) is 87.9 Å². The lowest BCUT2D eigenvalue weighted by atomic mass is 10.0. The number of methoxy groups -OCH3 is 1. The number of carbonyl (C=O) groups excluding carboxylic acids is 1. The van der Waals surface area contributed by atoms with Crippen LogP contribution < -0.4 is 10.1 Å². The summed E-state index contributed by atoms with van der Waals surface area (Å²) in [5, 5.41) is 11.7. The fourth-order valence-corrected chi connectivity index (χ4v) is 2.87. The van der Waals surface area contributed by atoms with E-state index >= 15 is 0 Å². The highest BCUT2D eigenvalue weighted by molar-refractivity contribution is 6.04. The molecule has 0 aliphatic heterocycles. The Balaban J connectivity index is 2.03. The van der Waals surface area contributed by atoms with Crippen LogP contribution in [0.3, 0.4) is 0 Å². The lowest BCUT2D eigenvalue weighted by Gasteiger charge is -2.13. The third kappa shape index (κ3) is 7.61. The van der Waals surface area contributed by atoms with Gasteiger partial charge in [-0.1, -0.05) is 11.8 Å². The molecule has 0 radical (unpaired) electrons. The highest BCUT2D eigenvalue weighted by Gasteiger charge is 2.11. The van der Waals surface area contributed by atoms with Gasteiger partial charge in [0, 0.05) is 29.8 Å². The van der Waals surface area contributed by atoms with E-state index in [0.717, 1.165) is 42.0 Å². The summed E-state index contributed by atoms with van der Waals surface area (Å²) in [6, 6.07) is 13.0. The number of benzene rings is 2. The Morgan fingerprint density at radius 2 is 1.90 bits per heavy atom. The summed E-state index contributed by atoms with van der Waals surface area (Å²) in [5.74, 6) is 6.73. The summed E-state index contributed by atoms with van der Waals surface area (Å²) in [4.78, 5) is 14.8. The molecule has 5 heteroatoms. The summed E-state index contributed by atoms with van der Waals surface area (Å²) >= 11 is 0. The molecule has 0 saturated carbocycles. The summed E-state index contributed by atoms with van der Waals surface area (Å²) in [5.41, 5.74) is 3.25. The van der Waals surface area contributed by atoms with Gasteiger partial charge in [0.25, 0.3) is 5.91 Å². The Bertz CT molecular complexity index is 849. The summed E-state index contributed by atoms with van der Waals surface area (Å²) in [6.45, 7) is 1.14. The number of aliphatic hydroxyl groups excluding tert-OH is 1. The number of ether oxygens (including phenoxy) is 1. The van der Waals surface area contributed by atoms with E-state index in [1.54, 1.807) is 13.2 Å². The lowest BCUT2D eigenvalue weighted by Crippen LogP contribution is -2.14. The standard InChI is InChI=1S/C24H30N2O3/c1-26(2)16-7-9-20-18-21(12-15-23(20)29-3)24(28)25-22-13-10-19(11-14-22)8-5-4-6-17-27/h10-15,18,27H,4,6-7,9,16-17H2,1-3H3,(H,25,28). The number of hydrogen-bond donors (Lipinski definition) is 2. The second kappa shape index (κ2) is 11.9. The smallest absolute Gasteiger partial charge is 0.255 e. The van der Waals surface area contributed by atoms with Gasteiger partial charge in [0.15, 0.2) is 0 Å². The van der Waals surface area contributed by atoms with Crippen molar-refractivity contribution in [2.75, 3.05) is 39.7 Å².